The van der Waals surface area contributed by atoms with E-state index in [1.54, 1.807) is 6.20 Å². The minimum atomic E-state index is -0.0823. The summed E-state index contributed by atoms with van der Waals surface area (Å²) in [6.07, 6.45) is 1.81. The van der Waals surface area contributed by atoms with Gasteiger partial charge >= 0.3 is 6.03 Å². The highest BCUT2D eigenvalue weighted by molar-refractivity contribution is 5.93. The predicted octanol–water partition coefficient (Wildman–Crippen LogP) is 4.43. The highest BCUT2D eigenvalue weighted by atomic mass is 16.2. The minimum absolute atomic E-state index is 0.0823. The minimum Gasteiger partial charge on any atom is -0.352 e. The Balaban J connectivity index is 1.15. The number of hydrogen-bond donors (Lipinski definition) is 2. The summed E-state index contributed by atoms with van der Waals surface area (Å²) in [4.78, 5) is 21.0. The molecule has 0 spiro atoms. The molecular weight excluding hydrogens is 414 g/mol. The Morgan fingerprint density at radius 3 is 2.36 bits per heavy atom. The third kappa shape index (κ3) is 4.85. The maximum absolute atomic E-state index is 12.7. The quantitative estimate of drug-likeness (QED) is 0.489. The Labute approximate surface area is 192 Å². The van der Waals surface area contributed by atoms with Crippen LogP contribution in [0.1, 0.15) is 5.56 Å². The highest BCUT2D eigenvalue weighted by Crippen LogP contribution is 2.20. The Bertz CT molecular complexity index is 1250. The van der Waals surface area contributed by atoms with E-state index in [0.717, 1.165) is 33.7 Å². The van der Waals surface area contributed by atoms with Crippen molar-refractivity contribution in [1.29, 1.82) is 0 Å². The van der Waals surface area contributed by atoms with Crippen LogP contribution in [0.4, 0.5) is 27.9 Å². The summed E-state index contributed by atoms with van der Waals surface area (Å²) in [6, 6.07) is 21.7. The molecule has 0 atom stereocenters. The molecule has 3 heterocycles. The van der Waals surface area contributed by atoms with Gasteiger partial charge in [0.2, 0.25) is 0 Å². The highest BCUT2D eigenvalue weighted by Gasteiger charge is 2.22. The van der Waals surface area contributed by atoms with Crippen LogP contribution in [0.15, 0.2) is 72.9 Å². The number of urea groups is 1. The normalized spacial score (nSPS) is 13.7. The molecule has 0 unspecified atom stereocenters. The number of aromatic nitrogens is 3. The number of aryl methyl sites for hydroxylation is 1. The molecule has 1 fully saturated rings. The lowest BCUT2D eigenvalue weighted by Gasteiger charge is -2.35. The lowest BCUT2D eigenvalue weighted by Crippen LogP contribution is -2.50. The van der Waals surface area contributed by atoms with Crippen LogP contribution in [0.25, 0.3) is 10.8 Å². The van der Waals surface area contributed by atoms with Gasteiger partial charge in [-0.05, 0) is 53.6 Å². The van der Waals surface area contributed by atoms with Crippen LogP contribution in [0, 0.1) is 6.92 Å². The van der Waals surface area contributed by atoms with Gasteiger partial charge in [-0.3, -0.25) is 0 Å². The standard InChI is InChI=1S/C25H25N7O/c1-18-6-9-22(26-17-18)28-23-10-11-24(30-29-23)31-12-14-32(15-13-31)25(33)27-21-8-7-19-4-2-3-5-20(19)16-21/h2-11,16-17H,12-15H2,1H3,(H,27,33)(H,26,28,29). The second-order valence-corrected chi connectivity index (χ2v) is 8.09. The lowest BCUT2D eigenvalue weighted by atomic mass is 10.1. The van der Waals surface area contributed by atoms with Gasteiger partial charge in [-0.25, -0.2) is 9.78 Å². The second-order valence-electron chi connectivity index (χ2n) is 8.09. The van der Waals surface area contributed by atoms with Crippen molar-refractivity contribution in [3.05, 3.63) is 78.5 Å². The smallest absolute Gasteiger partial charge is 0.321 e. The molecular formula is C25H25N7O. The van der Waals surface area contributed by atoms with Crippen LogP contribution in [0.3, 0.4) is 0 Å². The Morgan fingerprint density at radius 2 is 1.64 bits per heavy atom. The van der Waals surface area contributed by atoms with E-state index in [1.165, 1.54) is 0 Å². The van der Waals surface area contributed by atoms with Crippen molar-refractivity contribution in [2.24, 2.45) is 0 Å². The molecule has 2 amide bonds. The van der Waals surface area contributed by atoms with E-state index in [4.69, 9.17) is 0 Å². The van der Waals surface area contributed by atoms with Crippen LogP contribution >= 0.6 is 0 Å². The molecule has 0 saturated carbocycles. The van der Waals surface area contributed by atoms with Crippen molar-refractivity contribution in [1.82, 2.24) is 20.1 Å². The first-order valence-corrected chi connectivity index (χ1v) is 11.0. The van der Waals surface area contributed by atoms with Crippen molar-refractivity contribution in [2.75, 3.05) is 41.7 Å². The first-order chi connectivity index (χ1) is 16.1. The van der Waals surface area contributed by atoms with E-state index in [1.807, 2.05) is 72.5 Å². The summed E-state index contributed by atoms with van der Waals surface area (Å²) in [5.74, 6) is 2.17. The summed E-state index contributed by atoms with van der Waals surface area (Å²) in [5, 5.41) is 17.1. The molecule has 0 radical (unpaired) electrons. The van der Waals surface area contributed by atoms with E-state index < -0.39 is 0 Å². The number of pyridine rings is 1. The van der Waals surface area contributed by atoms with Gasteiger partial charge in [0.1, 0.15) is 5.82 Å². The number of fused-ring (bicyclic) bond motifs is 1. The van der Waals surface area contributed by atoms with Gasteiger partial charge in [0.15, 0.2) is 11.6 Å². The van der Waals surface area contributed by atoms with Crippen LogP contribution in [0.2, 0.25) is 0 Å². The Kier molecular flexibility index (Phi) is 5.72. The Morgan fingerprint density at radius 1 is 0.848 bits per heavy atom. The number of hydrogen-bond acceptors (Lipinski definition) is 6. The third-order valence-corrected chi connectivity index (χ3v) is 5.71. The molecule has 1 aliphatic heterocycles. The topological polar surface area (TPSA) is 86.3 Å². The predicted molar refractivity (Wildman–Crippen MR) is 131 cm³/mol. The molecule has 5 rings (SSSR count). The summed E-state index contributed by atoms with van der Waals surface area (Å²) in [7, 11) is 0. The number of benzene rings is 2. The molecule has 2 N–H and O–H groups in total. The molecule has 1 saturated heterocycles. The molecule has 8 heteroatoms. The zero-order valence-corrected chi connectivity index (χ0v) is 18.4. The summed E-state index contributed by atoms with van der Waals surface area (Å²) >= 11 is 0. The SMILES string of the molecule is Cc1ccc(Nc2ccc(N3CCN(C(=O)Nc4ccc5ccccc5c4)CC3)nn2)nc1. The van der Waals surface area contributed by atoms with Gasteiger partial charge in [-0.15, -0.1) is 10.2 Å². The number of anilines is 4. The van der Waals surface area contributed by atoms with E-state index in [-0.39, 0.29) is 6.03 Å². The monoisotopic (exact) mass is 439 g/mol. The van der Waals surface area contributed by atoms with Gasteiger partial charge in [-0.1, -0.05) is 36.4 Å². The van der Waals surface area contributed by atoms with Gasteiger partial charge < -0.3 is 20.4 Å². The van der Waals surface area contributed by atoms with Crippen LogP contribution in [0.5, 0.6) is 0 Å². The van der Waals surface area contributed by atoms with E-state index in [9.17, 15) is 4.79 Å². The molecule has 0 bridgehead atoms. The van der Waals surface area contributed by atoms with Gasteiger partial charge in [0.25, 0.3) is 0 Å². The average molecular weight is 440 g/mol. The van der Waals surface area contributed by atoms with Gasteiger partial charge in [0.05, 0.1) is 0 Å². The third-order valence-electron chi connectivity index (χ3n) is 5.71. The van der Waals surface area contributed by atoms with E-state index in [2.05, 4.69) is 36.8 Å². The first kappa shape index (κ1) is 20.7. The summed E-state index contributed by atoms with van der Waals surface area (Å²) < 4.78 is 0. The molecule has 2 aromatic carbocycles. The van der Waals surface area contributed by atoms with Crippen molar-refractivity contribution in [3.8, 4) is 0 Å². The lowest BCUT2D eigenvalue weighted by molar-refractivity contribution is 0.208. The number of carbonyl (C=O) groups is 1. The van der Waals surface area contributed by atoms with Crippen LogP contribution < -0.4 is 15.5 Å². The molecule has 4 aromatic rings. The van der Waals surface area contributed by atoms with Crippen molar-refractivity contribution >= 4 is 39.9 Å². The van der Waals surface area contributed by atoms with E-state index in [0.29, 0.717) is 32.0 Å². The van der Waals surface area contributed by atoms with Crippen molar-refractivity contribution in [3.63, 3.8) is 0 Å². The van der Waals surface area contributed by atoms with E-state index >= 15 is 0 Å². The number of piperazine rings is 1. The maximum atomic E-state index is 12.7. The molecule has 0 aliphatic carbocycles. The van der Waals surface area contributed by atoms with Crippen molar-refractivity contribution in [2.45, 2.75) is 6.92 Å². The first-order valence-electron chi connectivity index (χ1n) is 11.0. The molecule has 8 nitrogen and oxygen atoms in total. The number of nitrogens with one attached hydrogen (secondary N) is 2. The Hall–Kier alpha value is -4.20. The zero-order valence-electron chi connectivity index (χ0n) is 18.4. The molecule has 166 valence electrons. The summed E-state index contributed by atoms with van der Waals surface area (Å²) in [6.45, 7) is 4.64. The maximum Gasteiger partial charge on any atom is 0.321 e. The van der Waals surface area contributed by atoms with Crippen LogP contribution in [-0.2, 0) is 0 Å². The summed E-state index contributed by atoms with van der Waals surface area (Å²) in [5.41, 5.74) is 1.91. The second kappa shape index (κ2) is 9.12. The fraction of sp³-hybridized carbons (Fsp3) is 0.200. The van der Waals surface area contributed by atoms with Gasteiger partial charge in [0, 0.05) is 38.1 Å². The molecule has 1 aliphatic rings. The number of rotatable bonds is 4. The number of amides is 2. The molecule has 2 aromatic heterocycles. The fourth-order valence-corrected chi connectivity index (χ4v) is 3.84. The molecule has 33 heavy (non-hydrogen) atoms. The average Bonchev–Trinajstić information content (AvgIpc) is 2.86. The zero-order chi connectivity index (χ0) is 22.6. The number of carbonyl (C=O) groups excluding carboxylic acids is 1. The van der Waals surface area contributed by atoms with Gasteiger partial charge in [-0.2, -0.15) is 0 Å². The van der Waals surface area contributed by atoms with Crippen molar-refractivity contribution < 1.29 is 4.79 Å². The number of nitrogens with zero attached hydrogens (tertiary/aromatic N) is 5. The van der Waals surface area contributed by atoms with Crippen LogP contribution in [-0.4, -0.2) is 52.3 Å². The fourth-order valence-electron chi connectivity index (χ4n) is 3.84. The largest absolute Gasteiger partial charge is 0.352 e.